The average Bonchev–Trinajstić information content (AvgIpc) is 3.12. The van der Waals surface area contributed by atoms with Crippen LogP contribution in [0.3, 0.4) is 0 Å². The largest absolute Gasteiger partial charge is 0.457 e. The number of carbonyl (C=O) groups excluding carboxylic acids is 1. The number of rotatable bonds is 5. The number of hydrogen-bond donors (Lipinski definition) is 3. The second-order valence-electron chi connectivity index (χ2n) is 8.89. The Bertz CT molecular complexity index is 1420. The number of nitrogens with two attached hydrogens (primary N) is 1. The first kappa shape index (κ1) is 24.9. The molecule has 0 fully saturated rings. The summed E-state index contributed by atoms with van der Waals surface area (Å²) < 4.78 is 35.1. The summed E-state index contributed by atoms with van der Waals surface area (Å²) in [6, 6.07) is 11.8. The van der Waals surface area contributed by atoms with Gasteiger partial charge in [-0.15, -0.1) is 0 Å². The molecule has 2 heterocycles. The van der Waals surface area contributed by atoms with Gasteiger partial charge in [-0.1, -0.05) is 32.4 Å². The fourth-order valence-electron chi connectivity index (χ4n) is 3.30. The maximum atomic E-state index is 14.7. The van der Waals surface area contributed by atoms with Gasteiger partial charge in [-0.05, 0) is 42.5 Å². The number of carbonyl (C=O) groups is 1. The van der Waals surface area contributed by atoms with Gasteiger partial charge in [-0.3, -0.25) is 5.32 Å². The molecule has 0 spiro atoms. The van der Waals surface area contributed by atoms with Gasteiger partial charge >= 0.3 is 6.03 Å². The van der Waals surface area contributed by atoms with Gasteiger partial charge in [0.2, 0.25) is 0 Å². The number of benzene rings is 2. The third-order valence-corrected chi connectivity index (χ3v) is 5.38. The molecule has 0 aliphatic heterocycles. The maximum absolute atomic E-state index is 14.7. The molecule has 11 heteroatoms. The van der Waals surface area contributed by atoms with E-state index in [0.717, 1.165) is 6.07 Å². The average molecular weight is 513 g/mol. The second kappa shape index (κ2) is 9.82. The number of halogens is 3. The molecular weight excluding hydrogens is 490 g/mol. The second-order valence-corrected chi connectivity index (χ2v) is 9.27. The lowest BCUT2D eigenvalue weighted by Gasteiger charge is -2.15. The summed E-state index contributed by atoms with van der Waals surface area (Å²) in [7, 11) is 0. The van der Waals surface area contributed by atoms with Gasteiger partial charge < -0.3 is 15.8 Å². The van der Waals surface area contributed by atoms with E-state index in [-0.39, 0.29) is 28.1 Å². The summed E-state index contributed by atoms with van der Waals surface area (Å²) >= 11 is 6.58. The van der Waals surface area contributed by atoms with Crippen LogP contribution in [0.4, 0.5) is 30.9 Å². The highest BCUT2D eigenvalue weighted by atomic mass is 35.5. The van der Waals surface area contributed by atoms with Crippen LogP contribution in [0.1, 0.15) is 26.5 Å². The predicted molar refractivity (Wildman–Crippen MR) is 135 cm³/mol. The van der Waals surface area contributed by atoms with Crippen LogP contribution in [0.15, 0.2) is 60.8 Å². The smallest absolute Gasteiger partial charge is 0.324 e. The van der Waals surface area contributed by atoms with Gasteiger partial charge in [0, 0.05) is 23.7 Å². The number of urea groups is 1. The van der Waals surface area contributed by atoms with E-state index >= 15 is 0 Å². The van der Waals surface area contributed by atoms with Crippen molar-refractivity contribution in [1.82, 2.24) is 14.8 Å². The van der Waals surface area contributed by atoms with Crippen molar-refractivity contribution in [3.8, 4) is 17.2 Å². The van der Waals surface area contributed by atoms with Crippen molar-refractivity contribution < 1.29 is 18.3 Å². The molecule has 36 heavy (non-hydrogen) atoms. The Morgan fingerprint density at radius 3 is 2.36 bits per heavy atom. The zero-order valence-electron chi connectivity index (χ0n) is 19.6. The zero-order valence-corrected chi connectivity index (χ0v) is 20.4. The molecule has 0 bridgehead atoms. The van der Waals surface area contributed by atoms with Crippen molar-refractivity contribution in [1.29, 1.82) is 0 Å². The molecule has 0 aliphatic rings. The Kier molecular flexibility index (Phi) is 6.80. The monoisotopic (exact) mass is 512 g/mol. The molecule has 0 saturated heterocycles. The third-order valence-electron chi connectivity index (χ3n) is 5.02. The van der Waals surface area contributed by atoms with Gasteiger partial charge in [-0.2, -0.15) is 5.10 Å². The van der Waals surface area contributed by atoms with E-state index < -0.39 is 23.1 Å². The minimum atomic E-state index is -0.755. The van der Waals surface area contributed by atoms with Crippen molar-refractivity contribution in [3.05, 3.63) is 83.1 Å². The Hall–Kier alpha value is -4.18. The summed E-state index contributed by atoms with van der Waals surface area (Å²) in [6.07, 6.45) is 1.47. The number of ether oxygens (including phenoxy) is 1. The first-order valence-electron chi connectivity index (χ1n) is 10.8. The lowest BCUT2D eigenvalue weighted by atomic mass is 9.92. The van der Waals surface area contributed by atoms with Crippen LogP contribution >= 0.6 is 11.6 Å². The van der Waals surface area contributed by atoms with Crippen LogP contribution in [0.2, 0.25) is 5.02 Å². The van der Waals surface area contributed by atoms with Crippen molar-refractivity contribution in [3.63, 3.8) is 0 Å². The van der Waals surface area contributed by atoms with Crippen LogP contribution in [0.5, 0.6) is 11.5 Å². The molecule has 4 N–H and O–H groups in total. The molecule has 0 saturated carbocycles. The zero-order chi connectivity index (χ0) is 26.0. The lowest BCUT2D eigenvalue weighted by Crippen LogP contribution is -2.22. The Balaban J connectivity index is 1.56. The van der Waals surface area contributed by atoms with E-state index in [2.05, 4.69) is 20.7 Å². The fourth-order valence-corrected chi connectivity index (χ4v) is 3.75. The molecule has 2 amide bonds. The van der Waals surface area contributed by atoms with Gasteiger partial charge in [-0.25, -0.2) is 23.2 Å². The summed E-state index contributed by atoms with van der Waals surface area (Å²) in [5.74, 6) is -0.138. The van der Waals surface area contributed by atoms with E-state index in [1.807, 2.05) is 20.8 Å². The predicted octanol–water partition coefficient (Wildman–Crippen LogP) is 6.51. The number of nitrogens with one attached hydrogen (secondary N) is 2. The minimum Gasteiger partial charge on any atom is -0.457 e. The molecule has 4 rings (SSSR count). The van der Waals surface area contributed by atoms with E-state index in [0.29, 0.717) is 17.1 Å². The number of amides is 2. The van der Waals surface area contributed by atoms with Crippen LogP contribution in [-0.2, 0) is 5.41 Å². The SMILES string of the molecule is CC(C)(C)c1nn(-c2ccc(F)cc2)c(NC(=O)Nc2ccc(Oc3ccnc(N)c3)cc2F)c1Cl. The summed E-state index contributed by atoms with van der Waals surface area (Å²) in [5, 5.41) is 9.82. The molecule has 2 aromatic carbocycles. The number of hydrogen-bond acceptors (Lipinski definition) is 5. The van der Waals surface area contributed by atoms with Gasteiger partial charge in [0.05, 0.1) is 17.1 Å². The fraction of sp³-hybridized carbons (Fsp3) is 0.160. The number of pyridine rings is 1. The summed E-state index contributed by atoms with van der Waals surface area (Å²) in [6.45, 7) is 5.75. The van der Waals surface area contributed by atoms with E-state index in [1.165, 1.54) is 53.3 Å². The molecule has 0 atom stereocenters. The topological polar surface area (TPSA) is 107 Å². The van der Waals surface area contributed by atoms with Gasteiger partial charge in [0.25, 0.3) is 0 Å². The first-order valence-corrected chi connectivity index (χ1v) is 11.2. The highest BCUT2D eigenvalue weighted by molar-refractivity contribution is 6.34. The van der Waals surface area contributed by atoms with Crippen molar-refractivity contribution in [2.24, 2.45) is 0 Å². The summed E-state index contributed by atoms with van der Waals surface area (Å²) in [5.41, 5.74) is 6.09. The molecule has 186 valence electrons. The van der Waals surface area contributed by atoms with Crippen LogP contribution < -0.4 is 21.1 Å². The van der Waals surface area contributed by atoms with Crippen LogP contribution in [0.25, 0.3) is 5.69 Å². The van der Waals surface area contributed by atoms with Crippen LogP contribution in [-0.4, -0.2) is 20.8 Å². The molecule has 8 nitrogen and oxygen atoms in total. The van der Waals surface area contributed by atoms with Gasteiger partial charge in [0.1, 0.15) is 34.0 Å². The van der Waals surface area contributed by atoms with Crippen molar-refractivity contribution in [2.75, 3.05) is 16.4 Å². The molecule has 0 aliphatic carbocycles. The molecule has 2 aromatic heterocycles. The van der Waals surface area contributed by atoms with E-state index in [1.54, 1.807) is 6.07 Å². The minimum absolute atomic E-state index is 0.0888. The molecule has 4 aromatic rings. The molecule has 0 radical (unpaired) electrons. The number of anilines is 3. The Morgan fingerprint density at radius 1 is 1.03 bits per heavy atom. The molecule has 0 unspecified atom stereocenters. The van der Waals surface area contributed by atoms with Crippen LogP contribution in [0, 0.1) is 11.6 Å². The number of nitrogen functional groups attached to an aromatic ring is 1. The highest BCUT2D eigenvalue weighted by Crippen LogP contribution is 2.36. The molecular formula is C25H23ClF2N6O2. The Labute approximate surface area is 211 Å². The quantitative estimate of drug-likeness (QED) is 0.282. The summed E-state index contributed by atoms with van der Waals surface area (Å²) in [4.78, 5) is 16.7. The highest BCUT2D eigenvalue weighted by Gasteiger charge is 2.27. The van der Waals surface area contributed by atoms with E-state index in [9.17, 15) is 13.6 Å². The van der Waals surface area contributed by atoms with Crippen molar-refractivity contribution in [2.45, 2.75) is 26.2 Å². The maximum Gasteiger partial charge on any atom is 0.324 e. The number of nitrogens with zero attached hydrogens (tertiary/aromatic N) is 3. The lowest BCUT2D eigenvalue weighted by molar-refractivity contribution is 0.262. The Morgan fingerprint density at radius 2 is 1.72 bits per heavy atom. The normalized spacial score (nSPS) is 11.3. The van der Waals surface area contributed by atoms with E-state index in [4.69, 9.17) is 22.1 Å². The third kappa shape index (κ3) is 5.55. The number of aromatic nitrogens is 3. The first-order chi connectivity index (χ1) is 17.0. The van der Waals surface area contributed by atoms with Gasteiger partial charge in [0.15, 0.2) is 5.82 Å². The standard InChI is InChI=1S/C25H23ClF2N6O2/c1-25(2,3)22-21(26)23(34(33-22)15-6-4-14(27)5-7-15)32-24(35)31-19-9-8-16(12-18(19)28)36-17-10-11-30-20(29)13-17/h4-13H,1-3H3,(H2,29,30)(H2,31,32,35). The van der Waals surface area contributed by atoms with Crippen molar-refractivity contribution >= 4 is 35.0 Å².